The maximum atomic E-state index is 12.9. The first kappa shape index (κ1) is 22.6. The number of hydrogen-bond donors (Lipinski definition) is 1. The van der Waals surface area contributed by atoms with Gasteiger partial charge in [0, 0.05) is 44.3 Å². The Morgan fingerprint density at radius 2 is 1.79 bits per heavy atom. The van der Waals surface area contributed by atoms with E-state index in [-0.39, 0.29) is 18.0 Å². The first-order valence-corrected chi connectivity index (χ1v) is 11.3. The van der Waals surface area contributed by atoms with Crippen molar-refractivity contribution in [3.8, 4) is 5.69 Å². The van der Waals surface area contributed by atoms with Crippen LogP contribution in [0.15, 0.2) is 61.1 Å². The molecule has 33 heavy (non-hydrogen) atoms. The number of nitrogens with one attached hydrogen (secondary N) is 1. The predicted molar refractivity (Wildman–Crippen MR) is 125 cm³/mol. The molecule has 1 aromatic carbocycles. The summed E-state index contributed by atoms with van der Waals surface area (Å²) in [7, 11) is 0. The topological polar surface area (TPSA) is 81.4 Å². The molecule has 2 aromatic heterocycles. The molecular formula is C25H31N5O3. The predicted octanol–water partition coefficient (Wildman–Crippen LogP) is 4.18. The molecule has 0 atom stereocenters. The van der Waals surface area contributed by atoms with Gasteiger partial charge in [0.1, 0.15) is 11.3 Å². The first-order valence-electron chi connectivity index (χ1n) is 11.3. The normalized spacial score (nSPS) is 14.8. The lowest BCUT2D eigenvalue weighted by molar-refractivity contribution is 0.0187. The van der Waals surface area contributed by atoms with Crippen LogP contribution in [0.3, 0.4) is 0 Å². The monoisotopic (exact) mass is 449 g/mol. The van der Waals surface area contributed by atoms with Crippen molar-refractivity contribution in [2.45, 2.75) is 51.8 Å². The number of aromatic nitrogens is 3. The summed E-state index contributed by atoms with van der Waals surface area (Å²) in [4.78, 5) is 27.0. The highest BCUT2D eigenvalue weighted by molar-refractivity contribution is 5.92. The van der Waals surface area contributed by atoms with Crippen LogP contribution in [0.5, 0.6) is 0 Å². The van der Waals surface area contributed by atoms with E-state index < -0.39 is 5.60 Å². The second-order valence-electron chi connectivity index (χ2n) is 9.30. The van der Waals surface area contributed by atoms with Gasteiger partial charge < -0.3 is 19.5 Å². The van der Waals surface area contributed by atoms with Gasteiger partial charge in [0.25, 0.3) is 5.91 Å². The van der Waals surface area contributed by atoms with Gasteiger partial charge >= 0.3 is 6.09 Å². The van der Waals surface area contributed by atoms with Gasteiger partial charge in [-0.05, 0) is 69.5 Å². The number of amides is 2. The number of carbonyl (C=O) groups excluding carboxylic acids is 2. The number of benzene rings is 1. The summed E-state index contributed by atoms with van der Waals surface area (Å²) in [5, 5.41) is 7.24. The highest BCUT2D eigenvalue weighted by Gasteiger charge is 2.28. The maximum Gasteiger partial charge on any atom is 0.410 e. The van der Waals surface area contributed by atoms with Crippen LogP contribution >= 0.6 is 0 Å². The van der Waals surface area contributed by atoms with E-state index in [0.29, 0.717) is 25.3 Å². The van der Waals surface area contributed by atoms with Crippen LogP contribution in [0, 0.1) is 0 Å². The van der Waals surface area contributed by atoms with E-state index in [4.69, 9.17) is 4.74 Å². The van der Waals surface area contributed by atoms with Crippen LogP contribution in [-0.2, 0) is 11.3 Å². The SMILES string of the molecule is CC(C)(C)OC(=O)N1CCC(n2cccc2C(=O)NCc2ccc(-n3cccn3)cc2)CC1. The van der Waals surface area contributed by atoms with E-state index in [1.54, 1.807) is 15.8 Å². The molecular weight excluding hydrogens is 418 g/mol. The number of rotatable bonds is 5. The molecule has 3 heterocycles. The van der Waals surface area contributed by atoms with E-state index in [1.165, 1.54) is 0 Å². The second kappa shape index (κ2) is 9.52. The van der Waals surface area contributed by atoms with Crippen molar-refractivity contribution in [2.75, 3.05) is 13.1 Å². The Morgan fingerprint density at radius 1 is 1.06 bits per heavy atom. The Kier molecular flexibility index (Phi) is 6.53. The summed E-state index contributed by atoms with van der Waals surface area (Å²) in [5.41, 5.74) is 2.13. The van der Waals surface area contributed by atoms with Crippen LogP contribution < -0.4 is 5.32 Å². The Bertz CT molecular complexity index is 1070. The molecule has 174 valence electrons. The van der Waals surface area contributed by atoms with Crippen molar-refractivity contribution in [3.63, 3.8) is 0 Å². The third-order valence-electron chi connectivity index (χ3n) is 5.68. The number of piperidine rings is 1. The minimum Gasteiger partial charge on any atom is -0.444 e. The Labute approximate surface area is 194 Å². The molecule has 8 heteroatoms. The number of hydrogen-bond acceptors (Lipinski definition) is 4. The van der Waals surface area contributed by atoms with E-state index >= 15 is 0 Å². The number of ether oxygens (including phenoxy) is 1. The zero-order chi connectivity index (χ0) is 23.4. The third kappa shape index (κ3) is 5.63. The minimum absolute atomic E-state index is 0.106. The van der Waals surface area contributed by atoms with Crippen molar-refractivity contribution in [1.82, 2.24) is 24.6 Å². The Hall–Kier alpha value is -3.55. The smallest absolute Gasteiger partial charge is 0.410 e. The molecule has 8 nitrogen and oxygen atoms in total. The second-order valence-corrected chi connectivity index (χ2v) is 9.30. The maximum absolute atomic E-state index is 12.9. The highest BCUT2D eigenvalue weighted by atomic mass is 16.6. The molecule has 1 saturated heterocycles. The molecule has 1 aliphatic heterocycles. The average molecular weight is 450 g/mol. The molecule has 1 fully saturated rings. The quantitative estimate of drug-likeness (QED) is 0.634. The largest absolute Gasteiger partial charge is 0.444 e. The summed E-state index contributed by atoms with van der Waals surface area (Å²) >= 11 is 0. The van der Waals surface area contributed by atoms with Gasteiger partial charge in [-0.25, -0.2) is 9.48 Å². The molecule has 2 amide bonds. The van der Waals surface area contributed by atoms with Crippen molar-refractivity contribution in [2.24, 2.45) is 0 Å². The fourth-order valence-electron chi connectivity index (χ4n) is 4.02. The molecule has 1 aliphatic rings. The highest BCUT2D eigenvalue weighted by Crippen LogP contribution is 2.26. The third-order valence-corrected chi connectivity index (χ3v) is 5.68. The number of nitrogens with zero attached hydrogens (tertiary/aromatic N) is 4. The zero-order valence-corrected chi connectivity index (χ0v) is 19.4. The van der Waals surface area contributed by atoms with Crippen molar-refractivity contribution < 1.29 is 14.3 Å². The minimum atomic E-state index is -0.501. The van der Waals surface area contributed by atoms with Gasteiger partial charge in [-0.3, -0.25) is 4.79 Å². The molecule has 0 radical (unpaired) electrons. The van der Waals surface area contributed by atoms with E-state index in [0.717, 1.165) is 24.1 Å². The average Bonchev–Trinajstić information content (AvgIpc) is 3.49. The number of carbonyl (C=O) groups is 2. The molecule has 4 rings (SSSR count). The molecule has 0 bridgehead atoms. The molecule has 0 aliphatic carbocycles. The molecule has 1 N–H and O–H groups in total. The molecule has 0 unspecified atom stereocenters. The fraction of sp³-hybridized carbons (Fsp3) is 0.400. The van der Waals surface area contributed by atoms with Gasteiger partial charge in [-0.1, -0.05) is 12.1 Å². The fourth-order valence-corrected chi connectivity index (χ4v) is 4.02. The lowest BCUT2D eigenvalue weighted by atomic mass is 10.0. The Morgan fingerprint density at radius 3 is 2.42 bits per heavy atom. The molecule has 0 saturated carbocycles. The van der Waals surface area contributed by atoms with Gasteiger partial charge in [-0.2, -0.15) is 5.10 Å². The molecule has 0 spiro atoms. The van der Waals surface area contributed by atoms with Crippen molar-refractivity contribution >= 4 is 12.0 Å². The Balaban J connectivity index is 1.32. The van der Waals surface area contributed by atoms with Crippen molar-refractivity contribution in [3.05, 3.63) is 72.3 Å². The van der Waals surface area contributed by atoms with E-state index in [2.05, 4.69) is 10.4 Å². The summed E-state index contributed by atoms with van der Waals surface area (Å²) in [6.45, 7) is 7.28. The summed E-state index contributed by atoms with van der Waals surface area (Å²) in [6, 6.07) is 13.7. The van der Waals surface area contributed by atoms with E-state index in [1.807, 2.05) is 80.2 Å². The lowest BCUT2D eigenvalue weighted by Crippen LogP contribution is -2.42. The zero-order valence-electron chi connectivity index (χ0n) is 19.4. The van der Waals surface area contributed by atoms with Gasteiger partial charge in [0.15, 0.2) is 0 Å². The van der Waals surface area contributed by atoms with Gasteiger partial charge in [0.05, 0.1) is 5.69 Å². The van der Waals surface area contributed by atoms with E-state index in [9.17, 15) is 9.59 Å². The molecule has 3 aromatic rings. The summed E-state index contributed by atoms with van der Waals surface area (Å²) in [6.07, 6.45) is 6.87. The van der Waals surface area contributed by atoms with Crippen LogP contribution in [-0.4, -0.2) is 49.9 Å². The lowest BCUT2D eigenvalue weighted by Gasteiger charge is -2.34. The van der Waals surface area contributed by atoms with Crippen LogP contribution in [0.25, 0.3) is 5.69 Å². The van der Waals surface area contributed by atoms with Crippen molar-refractivity contribution in [1.29, 1.82) is 0 Å². The van der Waals surface area contributed by atoms with Gasteiger partial charge in [-0.15, -0.1) is 0 Å². The van der Waals surface area contributed by atoms with Crippen LogP contribution in [0.4, 0.5) is 4.79 Å². The summed E-state index contributed by atoms with van der Waals surface area (Å²) in [5.74, 6) is -0.106. The number of likely N-dealkylation sites (tertiary alicyclic amines) is 1. The summed E-state index contributed by atoms with van der Waals surface area (Å²) < 4.78 is 9.30. The standard InChI is InChI=1S/C25H31N5O3/c1-25(2,3)33-24(32)28-16-11-20(12-17-28)29-14-4-6-22(29)23(31)26-18-19-7-9-21(10-8-19)30-15-5-13-27-30/h4-10,13-15,20H,11-12,16-18H2,1-3H3,(H,26,31). The van der Waals surface area contributed by atoms with Crippen LogP contribution in [0.1, 0.15) is 55.7 Å². The first-order chi connectivity index (χ1) is 15.8. The van der Waals surface area contributed by atoms with Gasteiger partial charge in [0.2, 0.25) is 0 Å². The van der Waals surface area contributed by atoms with Crippen LogP contribution in [0.2, 0.25) is 0 Å².